The molecular formula is C27H33N5O4. The van der Waals surface area contributed by atoms with Crippen LogP contribution in [0.5, 0.6) is 5.75 Å². The van der Waals surface area contributed by atoms with E-state index in [4.69, 9.17) is 14.6 Å². The van der Waals surface area contributed by atoms with Crippen LogP contribution in [0.15, 0.2) is 60.8 Å². The van der Waals surface area contributed by atoms with Gasteiger partial charge in [0, 0.05) is 58.2 Å². The summed E-state index contributed by atoms with van der Waals surface area (Å²) in [5.41, 5.74) is 2.84. The zero-order valence-corrected chi connectivity index (χ0v) is 20.9. The van der Waals surface area contributed by atoms with E-state index in [1.807, 2.05) is 59.5 Å². The molecule has 0 bridgehead atoms. The van der Waals surface area contributed by atoms with E-state index in [1.54, 1.807) is 25.1 Å². The molecule has 2 aromatic carbocycles. The topological polar surface area (TPSA) is 88.9 Å². The normalized spacial score (nSPS) is 14.0. The van der Waals surface area contributed by atoms with E-state index in [-0.39, 0.29) is 11.8 Å². The van der Waals surface area contributed by atoms with Gasteiger partial charge < -0.3 is 19.7 Å². The van der Waals surface area contributed by atoms with Crippen LogP contribution in [-0.2, 0) is 9.53 Å². The minimum absolute atomic E-state index is 0.00433. The van der Waals surface area contributed by atoms with Crippen LogP contribution in [-0.4, -0.2) is 91.5 Å². The third-order valence-corrected chi connectivity index (χ3v) is 6.18. The number of ether oxygens (including phenoxy) is 2. The molecule has 36 heavy (non-hydrogen) atoms. The van der Waals surface area contributed by atoms with Crippen molar-refractivity contribution in [2.75, 3.05) is 60.1 Å². The van der Waals surface area contributed by atoms with E-state index in [0.29, 0.717) is 62.9 Å². The van der Waals surface area contributed by atoms with E-state index in [1.165, 1.54) is 0 Å². The molecule has 0 aliphatic carbocycles. The summed E-state index contributed by atoms with van der Waals surface area (Å²) >= 11 is 0. The molecule has 0 unspecified atom stereocenters. The van der Waals surface area contributed by atoms with Gasteiger partial charge in [-0.1, -0.05) is 30.3 Å². The van der Waals surface area contributed by atoms with Crippen molar-refractivity contribution >= 4 is 11.8 Å². The zero-order valence-electron chi connectivity index (χ0n) is 20.9. The average molecular weight is 492 g/mol. The Morgan fingerprint density at radius 1 is 1.00 bits per heavy atom. The number of hydrogen-bond acceptors (Lipinski definition) is 6. The highest BCUT2D eigenvalue weighted by Crippen LogP contribution is 2.28. The fourth-order valence-corrected chi connectivity index (χ4v) is 4.21. The summed E-state index contributed by atoms with van der Waals surface area (Å²) in [7, 11) is 3.27. The SMILES string of the molecule is COCCCNC(=O)CN1CCN(C(=O)c2cn(-c3ccccc3)nc2-c2cccc(OC)c2)CC1. The summed E-state index contributed by atoms with van der Waals surface area (Å²) in [6.07, 6.45) is 2.59. The molecular weight excluding hydrogens is 458 g/mol. The first kappa shape index (κ1) is 25.4. The van der Waals surface area contributed by atoms with Crippen LogP contribution in [0.1, 0.15) is 16.8 Å². The number of benzene rings is 2. The highest BCUT2D eigenvalue weighted by molar-refractivity contribution is 6.00. The number of aromatic nitrogens is 2. The monoisotopic (exact) mass is 491 g/mol. The van der Waals surface area contributed by atoms with E-state index in [2.05, 4.69) is 10.2 Å². The van der Waals surface area contributed by atoms with E-state index in [9.17, 15) is 9.59 Å². The molecule has 3 aromatic rings. The molecule has 190 valence electrons. The molecule has 4 rings (SSSR count). The fourth-order valence-electron chi connectivity index (χ4n) is 4.21. The van der Waals surface area contributed by atoms with Gasteiger partial charge in [-0.05, 0) is 30.7 Å². The zero-order chi connectivity index (χ0) is 25.3. The van der Waals surface area contributed by atoms with Crippen LogP contribution < -0.4 is 10.1 Å². The lowest BCUT2D eigenvalue weighted by Gasteiger charge is -2.34. The third-order valence-electron chi connectivity index (χ3n) is 6.18. The third kappa shape index (κ3) is 6.30. The molecule has 2 heterocycles. The first-order chi connectivity index (χ1) is 17.6. The lowest BCUT2D eigenvalue weighted by molar-refractivity contribution is -0.122. The van der Waals surface area contributed by atoms with Gasteiger partial charge in [0.15, 0.2) is 0 Å². The Morgan fingerprint density at radius 2 is 1.78 bits per heavy atom. The molecule has 0 radical (unpaired) electrons. The molecule has 1 aromatic heterocycles. The minimum Gasteiger partial charge on any atom is -0.497 e. The summed E-state index contributed by atoms with van der Waals surface area (Å²) in [6, 6.07) is 17.3. The molecule has 1 aliphatic rings. The highest BCUT2D eigenvalue weighted by atomic mass is 16.5. The van der Waals surface area contributed by atoms with Crippen molar-refractivity contribution in [3.05, 3.63) is 66.4 Å². The number of nitrogens with zero attached hydrogens (tertiary/aromatic N) is 4. The second-order valence-corrected chi connectivity index (χ2v) is 8.67. The number of para-hydroxylation sites is 1. The standard InChI is InChI=1S/C27H33N5O4/c1-35-17-7-12-28-25(33)20-30-13-15-31(16-14-30)27(34)24-19-32(22-9-4-3-5-10-22)29-26(24)21-8-6-11-23(18-21)36-2/h3-6,8-11,18-19H,7,12-17,20H2,1-2H3,(H,28,33). The van der Waals surface area contributed by atoms with Crippen molar-refractivity contribution in [1.29, 1.82) is 0 Å². The maximum atomic E-state index is 13.7. The first-order valence-corrected chi connectivity index (χ1v) is 12.2. The second-order valence-electron chi connectivity index (χ2n) is 8.67. The van der Waals surface area contributed by atoms with Crippen LogP contribution in [0.25, 0.3) is 16.9 Å². The van der Waals surface area contributed by atoms with Gasteiger partial charge in [0.05, 0.1) is 24.9 Å². The Morgan fingerprint density at radius 3 is 2.50 bits per heavy atom. The molecule has 1 aliphatic heterocycles. The van der Waals surface area contributed by atoms with E-state index in [0.717, 1.165) is 17.7 Å². The molecule has 0 atom stereocenters. The van der Waals surface area contributed by atoms with Gasteiger partial charge in [0.2, 0.25) is 5.91 Å². The van der Waals surface area contributed by atoms with Gasteiger partial charge in [-0.15, -0.1) is 0 Å². The Hall–Kier alpha value is -3.69. The van der Waals surface area contributed by atoms with Crippen molar-refractivity contribution in [3.63, 3.8) is 0 Å². The van der Waals surface area contributed by atoms with Crippen LogP contribution in [0.3, 0.4) is 0 Å². The summed E-state index contributed by atoms with van der Waals surface area (Å²) in [5.74, 6) is 0.628. The van der Waals surface area contributed by atoms with Crippen LogP contribution in [0.2, 0.25) is 0 Å². The van der Waals surface area contributed by atoms with E-state index >= 15 is 0 Å². The number of amides is 2. The summed E-state index contributed by atoms with van der Waals surface area (Å²) in [6.45, 7) is 3.92. The highest BCUT2D eigenvalue weighted by Gasteiger charge is 2.27. The number of nitrogens with one attached hydrogen (secondary N) is 1. The quantitative estimate of drug-likeness (QED) is 0.439. The number of piperazine rings is 1. The maximum Gasteiger partial charge on any atom is 0.257 e. The average Bonchev–Trinajstić information content (AvgIpc) is 3.37. The molecule has 2 amide bonds. The Balaban J connectivity index is 1.47. The molecule has 0 spiro atoms. The van der Waals surface area contributed by atoms with Gasteiger partial charge in [0.25, 0.3) is 5.91 Å². The smallest absolute Gasteiger partial charge is 0.257 e. The lowest BCUT2D eigenvalue weighted by atomic mass is 10.1. The van der Waals surface area contributed by atoms with Crippen molar-refractivity contribution in [1.82, 2.24) is 24.9 Å². The first-order valence-electron chi connectivity index (χ1n) is 12.2. The van der Waals surface area contributed by atoms with Gasteiger partial charge in [-0.2, -0.15) is 5.10 Å². The van der Waals surface area contributed by atoms with Gasteiger partial charge in [-0.25, -0.2) is 4.68 Å². The van der Waals surface area contributed by atoms with Crippen LogP contribution in [0.4, 0.5) is 0 Å². The molecule has 1 saturated heterocycles. The molecule has 9 nitrogen and oxygen atoms in total. The van der Waals surface area contributed by atoms with Crippen molar-refractivity contribution in [3.8, 4) is 22.7 Å². The van der Waals surface area contributed by atoms with Crippen molar-refractivity contribution < 1.29 is 19.1 Å². The molecule has 1 fully saturated rings. The van der Waals surface area contributed by atoms with Gasteiger partial charge in [0.1, 0.15) is 11.4 Å². The van der Waals surface area contributed by atoms with Gasteiger partial charge in [-0.3, -0.25) is 14.5 Å². The fraction of sp³-hybridized carbons (Fsp3) is 0.370. The summed E-state index contributed by atoms with van der Waals surface area (Å²) in [4.78, 5) is 29.8. The number of methoxy groups -OCH3 is 2. The second kappa shape index (κ2) is 12.3. The van der Waals surface area contributed by atoms with Crippen LogP contribution >= 0.6 is 0 Å². The molecule has 0 saturated carbocycles. The predicted octanol–water partition coefficient (Wildman–Crippen LogP) is 2.46. The Kier molecular flexibility index (Phi) is 8.70. The predicted molar refractivity (Wildman–Crippen MR) is 137 cm³/mol. The van der Waals surface area contributed by atoms with E-state index < -0.39 is 0 Å². The van der Waals surface area contributed by atoms with Crippen LogP contribution in [0, 0.1) is 0 Å². The maximum absolute atomic E-state index is 13.7. The van der Waals surface area contributed by atoms with Crippen molar-refractivity contribution in [2.24, 2.45) is 0 Å². The molecule has 1 N–H and O–H groups in total. The molecule has 9 heteroatoms. The largest absolute Gasteiger partial charge is 0.497 e. The number of hydrogen-bond donors (Lipinski definition) is 1. The Labute approximate surface area is 211 Å². The Bertz CT molecular complexity index is 1160. The number of rotatable bonds is 10. The number of carbonyl (C=O) groups is 2. The van der Waals surface area contributed by atoms with Crippen molar-refractivity contribution in [2.45, 2.75) is 6.42 Å². The number of carbonyl (C=O) groups excluding carboxylic acids is 2. The van der Waals surface area contributed by atoms with Gasteiger partial charge >= 0.3 is 0 Å². The summed E-state index contributed by atoms with van der Waals surface area (Å²) in [5, 5.41) is 7.69. The lowest BCUT2D eigenvalue weighted by Crippen LogP contribution is -2.51. The minimum atomic E-state index is -0.0707. The summed E-state index contributed by atoms with van der Waals surface area (Å²) < 4.78 is 12.1.